The number of likely N-dealkylation sites (tertiary alicyclic amines) is 1. The Morgan fingerprint density at radius 2 is 1.92 bits per heavy atom. The Labute approximate surface area is 222 Å². The van der Waals surface area contributed by atoms with Crippen LogP contribution in [0.4, 0.5) is 0 Å². The maximum atomic E-state index is 13.1. The molecule has 3 aliphatic heterocycles. The van der Waals surface area contributed by atoms with Gasteiger partial charge in [-0.2, -0.15) is 0 Å². The van der Waals surface area contributed by atoms with Gasteiger partial charge >= 0.3 is 5.97 Å². The van der Waals surface area contributed by atoms with Gasteiger partial charge in [-0.3, -0.25) is 14.5 Å². The second-order valence-electron chi connectivity index (χ2n) is 10.5. The summed E-state index contributed by atoms with van der Waals surface area (Å²) < 4.78 is 17.4. The predicted molar refractivity (Wildman–Crippen MR) is 129 cm³/mol. The molecule has 0 amide bonds. The van der Waals surface area contributed by atoms with Gasteiger partial charge < -0.3 is 44.8 Å². The molecule has 1 unspecified atom stereocenters. The second-order valence-corrected chi connectivity index (χ2v) is 10.5. The first kappa shape index (κ1) is 27.5. The van der Waals surface area contributed by atoms with Crippen molar-refractivity contribution in [1.82, 2.24) is 4.90 Å². The lowest BCUT2D eigenvalue weighted by molar-refractivity contribution is -0.271. The lowest BCUT2D eigenvalue weighted by atomic mass is 9.49. The number of ether oxygens (including phenoxy) is 3. The van der Waals surface area contributed by atoms with Gasteiger partial charge in [-0.15, -0.1) is 6.58 Å². The van der Waals surface area contributed by atoms with Crippen molar-refractivity contribution in [2.45, 2.75) is 79.6 Å². The molecular weight excluding hydrogens is 518 g/mol. The molecule has 2 saturated heterocycles. The van der Waals surface area contributed by atoms with Crippen LogP contribution in [0.2, 0.25) is 0 Å². The average Bonchev–Trinajstić information content (AvgIpc) is 3.25. The fraction of sp³-hybridized carbons (Fsp3) is 0.577. The Bertz CT molecular complexity index is 1190. The highest BCUT2D eigenvalue weighted by Gasteiger charge is 2.73. The molecule has 3 fully saturated rings. The molecule has 2 bridgehead atoms. The summed E-state index contributed by atoms with van der Waals surface area (Å²) in [6.45, 7) is 4.85. The van der Waals surface area contributed by atoms with Gasteiger partial charge in [0.15, 0.2) is 29.5 Å². The van der Waals surface area contributed by atoms with Crippen LogP contribution < -0.4 is 9.47 Å². The van der Waals surface area contributed by atoms with E-state index in [0.29, 0.717) is 37.9 Å². The molecule has 1 spiro atoms. The molecule has 6 rings (SSSR count). The number of piperidine rings is 1. The van der Waals surface area contributed by atoms with Gasteiger partial charge in [0.25, 0.3) is 6.47 Å². The van der Waals surface area contributed by atoms with E-state index < -0.39 is 53.8 Å². The van der Waals surface area contributed by atoms with Gasteiger partial charge in [0.05, 0.1) is 11.0 Å². The number of Topliss-reactive ketones (excluding diaryl/α,β-unsaturated/α-hetero) is 1. The Balaban J connectivity index is 0.000000983. The third kappa shape index (κ3) is 3.79. The maximum absolute atomic E-state index is 13.1. The summed E-state index contributed by atoms with van der Waals surface area (Å²) in [7, 11) is 0. The van der Waals surface area contributed by atoms with E-state index in [1.165, 1.54) is 0 Å². The number of aliphatic hydroxyl groups is 4. The van der Waals surface area contributed by atoms with Crippen molar-refractivity contribution in [3.63, 3.8) is 0 Å². The molecule has 2 aliphatic carbocycles. The smallest absolute Gasteiger partial charge is 0.335 e. The molecule has 13 nitrogen and oxygen atoms in total. The molecule has 6 N–H and O–H groups in total. The van der Waals surface area contributed by atoms with Crippen LogP contribution in [0.5, 0.6) is 11.5 Å². The highest BCUT2D eigenvalue weighted by molar-refractivity contribution is 5.90. The van der Waals surface area contributed by atoms with Crippen molar-refractivity contribution in [3.05, 3.63) is 35.9 Å². The topological polar surface area (TPSA) is 204 Å². The van der Waals surface area contributed by atoms with Gasteiger partial charge in [0.2, 0.25) is 6.29 Å². The van der Waals surface area contributed by atoms with E-state index in [4.69, 9.17) is 24.1 Å². The Hall–Kier alpha value is -3.07. The summed E-state index contributed by atoms with van der Waals surface area (Å²) in [5.74, 6) is -1.28. The largest absolute Gasteiger partial charge is 0.483 e. The van der Waals surface area contributed by atoms with E-state index >= 15 is 0 Å². The average molecular weight is 550 g/mol. The number of hydrogen-bond donors (Lipinski definition) is 6. The molecule has 1 saturated carbocycles. The molecule has 5 aliphatic rings. The molecule has 212 valence electrons. The number of carbonyl (C=O) groups is 3. The number of carbonyl (C=O) groups excluding carboxylic acids is 1. The Morgan fingerprint density at radius 1 is 1.21 bits per heavy atom. The summed E-state index contributed by atoms with van der Waals surface area (Å²) in [5, 5.41) is 59.0. The van der Waals surface area contributed by atoms with Crippen molar-refractivity contribution in [1.29, 1.82) is 0 Å². The number of carboxylic acid groups (broad SMARTS) is 2. The second kappa shape index (κ2) is 9.84. The van der Waals surface area contributed by atoms with Gasteiger partial charge in [0.1, 0.15) is 18.3 Å². The molecule has 39 heavy (non-hydrogen) atoms. The minimum Gasteiger partial charge on any atom is -0.483 e. The zero-order chi connectivity index (χ0) is 28.3. The monoisotopic (exact) mass is 549 g/mol. The number of aliphatic carboxylic acids is 1. The van der Waals surface area contributed by atoms with E-state index in [9.17, 15) is 35.1 Å². The summed E-state index contributed by atoms with van der Waals surface area (Å²) in [6.07, 6.45) is -6.44. The van der Waals surface area contributed by atoms with Crippen molar-refractivity contribution in [3.8, 4) is 11.5 Å². The first-order valence-corrected chi connectivity index (χ1v) is 12.7. The SMILES string of the molecule is C=CCN1CC[C@]23c4c5ccc(O[C@@H]6O[C@H](C(=O)O)[C@@H](O)[C@H](O)[C@H]6O)c4O[C@H]2C(=O)CC[C@@]3(O)C1C5.O=CO. The number of rotatable bonds is 5. The van der Waals surface area contributed by atoms with Crippen molar-refractivity contribution in [2.24, 2.45) is 0 Å². The number of nitrogens with zero attached hydrogens (tertiary/aromatic N) is 1. The molecular formula is C26H31NO12. The minimum atomic E-state index is -1.85. The number of hydrogen-bond acceptors (Lipinski definition) is 11. The molecule has 9 atom stereocenters. The molecule has 1 aromatic rings. The van der Waals surface area contributed by atoms with Crippen LogP contribution in [0.25, 0.3) is 0 Å². The first-order valence-electron chi connectivity index (χ1n) is 12.7. The summed E-state index contributed by atoms with van der Waals surface area (Å²) in [4.78, 5) is 35.2. The third-order valence-electron chi connectivity index (χ3n) is 8.77. The maximum Gasteiger partial charge on any atom is 0.335 e. The van der Waals surface area contributed by atoms with Crippen LogP contribution in [0.15, 0.2) is 24.8 Å². The number of benzene rings is 1. The van der Waals surface area contributed by atoms with E-state index in [1.54, 1.807) is 12.1 Å². The Kier molecular flexibility index (Phi) is 6.94. The van der Waals surface area contributed by atoms with Crippen LogP contribution >= 0.6 is 0 Å². The lowest BCUT2D eigenvalue weighted by Crippen LogP contribution is -2.76. The normalized spacial score (nSPS) is 39.9. The quantitative estimate of drug-likeness (QED) is 0.184. The lowest BCUT2D eigenvalue weighted by Gasteiger charge is -2.62. The fourth-order valence-electron chi connectivity index (χ4n) is 7.15. The van der Waals surface area contributed by atoms with E-state index in [2.05, 4.69) is 11.5 Å². The zero-order valence-electron chi connectivity index (χ0n) is 20.9. The highest BCUT2D eigenvalue weighted by Crippen LogP contribution is 2.65. The van der Waals surface area contributed by atoms with Crippen LogP contribution in [0.1, 0.15) is 30.4 Å². The summed E-state index contributed by atoms with van der Waals surface area (Å²) in [6, 6.07) is 3.19. The summed E-state index contributed by atoms with van der Waals surface area (Å²) >= 11 is 0. The van der Waals surface area contributed by atoms with Crippen LogP contribution in [-0.4, -0.2) is 115 Å². The summed E-state index contributed by atoms with van der Waals surface area (Å²) in [5.41, 5.74) is -0.546. The van der Waals surface area contributed by atoms with Gasteiger partial charge in [-0.1, -0.05) is 12.1 Å². The molecule has 13 heteroatoms. The van der Waals surface area contributed by atoms with Gasteiger partial charge in [0, 0.05) is 31.1 Å². The number of carboxylic acids is 1. The predicted octanol–water partition coefficient (Wildman–Crippen LogP) is -1.43. The third-order valence-corrected chi connectivity index (χ3v) is 8.77. The minimum absolute atomic E-state index is 0.0939. The standard InChI is InChI=1S/C25H29NO10.CH2O2/c1-2-8-26-9-7-24-15-11-3-4-13(34-23-18(30)16(28)17(29)20(36-23)22(31)32)19(15)35-21(24)12(27)5-6-25(24,33)14(26)10-11;2-1-3/h2-4,14,16-18,20-21,23,28-30,33H,1,5-10H2,(H,31,32);1H,(H,2,3)/t14?,16-,17-,18+,20-,21-,23+,24-,25+;/m0./s1. The molecule has 3 heterocycles. The van der Waals surface area contributed by atoms with Crippen LogP contribution in [0.3, 0.4) is 0 Å². The first-order chi connectivity index (χ1) is 18.5. The van der Waals surface area contributed by atoms with E-state index in [1.807, 2.05) is 6.07 Å². The van der Waals surface area contributed by atoms with E-state index in [0.717, 1.165) is 5.56 Å². The number of ketones is 1. The van der Waals surface area contributed by atoms with Crippen LogP contribution in [-0.2, 0) is 31.0 Å². The zero-order valence-corrected chi connectivity index (χ0v) is 20.9. The Morgan fingerprint density at radius 3 is 2.59 bits per heavy atom. The molecule has 1 aromatic carbocycles. The number of aliphatic hydroxyl groups excluding tert-OH is 3. The van der Waals surface area contributed by atoms with Crippen molar-refractivity contribution in [2.75, 3.05) is 13.1 Å². The molecule has 0 radical (unpaired) electrons. The van der Waals surface area contributed by atoms with Crippen molar-refractivity contribution >= 4 is 18.2 Å². The van der Waals surface area contributed by atoms with E-state index in [-0.39, 0.29) is 36.2 Å². The fourth-order valence-corrected chi connectivity index (χ4v) is 7.15. The molecule has 0 aromatic heterocycles. The van der Waals surface area contributed by atoms with Crippen LogP contribution in [0, 0.1) is 0 Å². The van der Waals surface area contributed by atoms with Gasteiger partial charge in [-0.25, -0.2) is 4.79 Å². The van der Waals surface area contributed by atoms with Crippen molar-refractivity contribution < 1.29 is 59.2 Å². The highest BCUT2D eigenvalue weighted by atomic mass is 16.7. The van der Waals surface area contributed by atoms with Gasteiger partial charge in [-0.05, 0) is 30.9 Å².